The molecule has 2 aromatic carbocycles. The molecule has 2 aliphatic heterocycles. The first-order valence-corrected chi connectivity index (χ1v) is 10.7. The number of amides is 1. The van der Waals surface area contributed by atoms with Crippen LogP contribution in [0.4, 0.5) is 13.2 Å². The molecule has 1 amide bonds. The quantitative estimate of drug-likeness (QED) is 0.632. The summed E-state index contributed by atoms with van der Waals surface area (Å²) in [5, 5.41) is 0. The van der Waals surface area contributed by atoms with Crippen LogP contribution in [0.1, 0.15) is 45.9 Å². The van der Waals surface area contributed by atoms with Gasteiger partial charge in [-0.25, -0.2) is 4.79 Å². The lowest BCUT2D eigenvalue weighted by Crippen LogP contribution is -2.41. The number of halogens is 3. The van der Waals surface area contributed by atoms with Crippen molar-refractivity contribution < 1.29 is 37.0 Å². The molecule has 0 saturated carbocycles. The van der Waals surface area contributed by atoms with Crippen LogP contribution in [0.25, 0.3) is 0 Å². The van der Waals surface area contributed by atoms with Gasteiger partial charge in [-0.05, 0) is 42.7 Å². The molecule has 0 aromatic heterocycles. The lowest BCUT2D eigenvalue weighted by Gasteiger charge is -2.34. The summed E-state index contributed by atoms with van der Waals surface area (Å²) in [7, 11) is 1.28. The number of alkyl halides is 3. The summed E-state index contributed by atoms with van der Waals surface area (Å²) in [6.07, 6.45) is -3.27. The molecule has 0 aliphatic carbocycles. The monoisotopic (exact) mass is 463 g/mol. The van der Waals surface area contributed by atoms with Crippen molar-refractivity contribution in [2.75, 3.05) is 26.9 Å². The van der Waals surface area contributed by atoms with Crippen molar-refractivity contribution in [3.8, 4) is 5.75 Å². The van der Waals surface area contributed by atoms with E-state index in [0.29, 0.717) is 48.5 Å². The molecule has 33 heavy (non-hydrogen) atoms. The van der Waals surface area contributed by atoms with Gasteiger partial charge >= 0.3 is 12.1 Å². The number of carbonyl (C=O) groups excluding carboxylic acids is 2. The summed E-state index contributed by atoms with van der Waals surface area (Å²) in [4.78, 5) is 27.1. The summed E-state index contributed by atoms with van der Waals surface area (Å²) in [6.45, 7) is 1.23. The first-order valence-electron chi connectivity index (χ1n) is 10.7. The largest absolute Gasteiger partial charge is 0.491 e. The molecule has 1 atom stereocenters. The molecule has 0 unspecified atom stereocenters. The lowest BCUT2D eigenvalue weighted by molar-refractivity contribution is -0.142. The van der Waals surface area contributed by atoms with Crippen LogP contribution in [0.2, 0.25) is 0 Å². The summed E-state index contributed by atoms with van der Waals surface area (Å²) in [5.74, 6) is -0.388. The molecule has 0 radical (unpaired) electrons. The predicted octanol–water partition coefficient (Wildman–Crippen LogP) is 4.38. The van der Waals surface area contributed by atoms with E-state index in [2.05, 4.69) is 0 Å². The highest BCUT2D eigenvalue weighted by molar-refractivity contribution is 5.90. The average molecular weight is 463 g/mol. The fourth-order valence-corrected chi connectivity index (χ4v) is 4.20. The Balaban J connectivity index is 1.68. The average Bonchev–Trinajstić information content (AvgIpc) is 3.02. The molecule has 0 spiro atoms. The molecule has 2 heterocycles. The highest BCUT2D eigenvalue weighted by Crippen LogP contribution is 2.36. The smallest absolute Gasteiger partial charge is 0.416 e. The Morgan fingerprint density at radius 1 is 1.06 bits per heavy atom. The summed E-state index contributed by atoms with van der Waals surface area (Å²) < 4.78 is 55.2. The number of hydrogen-bond donors (Lipinski definition) is 0. The Hall–Kier alpha value is -3.07. The minimum atomic E-state index is -4.45. The fraction of sp³-hybridized carbons (Fsp3) is 0.417. The maximum absolute atomic E-state index is 13.5. The van der Waals surface area contributed by atoms with Crippen LogP contribution >= 0.6 is 0 Å². The standard InChI is InChI=1S/C24H24F3NO5/c1-31-23(30)17-2-3-18-13-28(22(29)16-8-10-32-11-9-16)20(14-33-21(18)12-17)15-4-6-19(7-5-15)24(25,26)27/h2-7,12,16,20H,8-11,13-14H2,1H3/t20-/m1/s1. The number of esters is 1. The maximum atomic E-state index is 13.5. The first kappa shape index (κ1) is 23.1. The molecule has 1 fully saturated rings. The van der Waals surface area contributed by atoms with Crippen molar-refractivity contribution in [2.45, 2.75) is 31.6 Å². The molecule has 2 aromatic rings. The number of fused-ring (bicyclic) bond motifs is 1. The van der Waals surface area contributed by atoms with E-state index in [1.165, 1.54) is 19.2 Å². The summed E-state index contributed by atoms with van der Waals surface area (Å²) >= 11 is 0. The molecule has 0 N–H and O–H groups in total. The van der Waals surface area contributed by atoms with Crippen LogP contribution < -0.4 is 4.74 Å². The number of benzene rings is 2. The second-order valence-electron chi connectivity index (χ2n) is 8.11. The summed E-state index contributed by atoms with van der Waals surface area (Å²) in [5.41, 5.74) is 0.808. The highest BCUT2D eigenvalue weighted by Gasteiger charge is 2.36. The summed E-state index contributed by atoms with van der Waals surface area (Å²) in [6, 6.07) is 9.09. The molecule has 0 bridgehead atoms. The van der Waals surface area contributed by atoms with E-state index in [4.69, 9.17) is 14.2 Å². The molecule has 1 saturated heterocycles. The number of rotatable bonds is 3. The molecule has 9 heteroatoms. The van der Waals surface area contributed by atoms with Crippen molar-refractivity contribution in [3.63, 3.8) is 0 Å². The van der Waals surface area contributed by atoms with E-state index >= 15 is 0 Å². The predicted molar refractivity (Wildman–Crippen MR) is 112 cm³/mol. The minimum absolute atomic E-state index is 0.0396. The molecular weight excluding hydrogens is 439 g/mol. The molecule has 176 valence electrons. The number of carbonyl (C=O) groups is 2. The van der Waals surface area contributed by atoms with Crippen molar-refractivity contribution in [3.05, 3.63) is 64.7 Å². The van der Waals surface area contributed by atoms with E-state index < -0.39 is 23.8 Å². The van der Waals surface area contributed by atoms with Gasteiger partial charge in [0.25, 0.3) is 0 Å². The molecule has 2 aliphatic rings. The van der Waals surface area contributed by atoms with E-state index in [1.54, 1.807) is 23.1 Å². The minimum Gasteiger partial charge on any atom is -0.491 e. The second-order valence-corrected chi connectivity index (χ2v) is 8.11. The molecule has 6 nitrogen and oxygen atoms in total. The number of ether oxygens (including phenoxy) is 3. The number of nitrogens with zero attached hydrogens (tertiary/aromatic N) is 1. The van der Waals surface area contributed by atoms with Crippen LogP contribution in [0.3, 0.4) is 0 Å². The van der Waals surface area contributed by atoms with Gasteiger partial charge < -0.3 is 19.1 Å². The zero-order valence-corrected chi connectivity index (χ0v) is 18.1. The van der Waals surface area contributed by atoms with Crippen molar-refractivity contribution >= 4 is 11.9 Å². The highest BCUT2D eigenvalue weighted by atomic mass is 19.4. The Labute approximate surface area is 189 Å². The zero-order chi connectivity index (χ0) is 23.6. The lowest BCUT2D eigenvalue weighted by atomic mass is 9.95. The van der Waals surface area contributed by atoms with Gasteiger partial charge in [0.2, 0.25) is 5.91 Å². The first-order chi connectivity index (χ1) is 15.8. The molecular formula is C24H24F3NO5. The van der Waals surface area contributed by atoms with Gasteiger partial charge in [0.05, 0.1) is 30.8 Å². The van der Waals surface area contributed by atoms with E-state index in [1.807, 2.05) is 0 Å². The van der Waals surface area contributed by atoms with Gasteiger partial charge in [-0.15, -0.1) is 0 Å². The van der Waals surface area contributed by atoms with Crippen molar-refractivity contribution in [1.29, 1.82) is 0 Å². The van der Waals surface area contributed by atoms with E-state index in [0.717, 1.165) is 12.1 Å². The Morgan fingerprint density at radius 3 is 2.39 bits per heavy atom. The third kappa shape index (κ3) is 4.98. The molecule has 4 rings (SSSR count). The van der Waals surface area contributed by atoms with Crippen molar-refractivity contribution in [1.82, 2.24) is 4.90 Å². The van der Waals surface area contributed by atoms with Gasteiger partial charge in [-0.3, -0.25) is 4.79 Å². The number of methoxy groups -OCH3 is 1. The van der Waals surface area contributed by atoms with Gasteiger partial charge in [0.1, 0.15) is 12.4 Å². The third-order valence-electron chi connectivity index (χ3n) is 6.08. The normalized spacial score (nSPS) is 19.3. The van der Waals surface area contributed by atoms with Crippen LogP contribution in [-0.4, -0.2) is 43.7 Å². The third-order valence-corrected chi connectivity index (χ3v) is 6.08. The second kappa shape index (κ2) is 9.43. The SMILES string of the molecule is COC(=O)c1ccc2c(c1)OC[C@H](c1ccc(C(F)(F)F)cc1)N(C(=O)C1CCOCC1)C2. The van der Waals surface area contributed by atoms with Gasteiger partial charge in [-0.1, -0.05) is 18.2 Å². The van der Waals surface area contributed by atoms with Crippen molar-refractivity contribution in [2.24, 2.45) is 5.92 Å². The zero-order valence-electron chi connectivity index (χ0n) is 18.1. The van der Waals surface area contributed by atoms with Crippen LogP contribution in [0, 0.1) is 5.92 Å². The van der Waals surface area contributed by atoms with Gasteiger partial charge in [-0.2, -0.15) is 13.2 Å². The van der Waals surface area contributed by atoms with E-state index in [-0.39, 0.29) is 25.0 Å². The fourth-order valence-electron chi connectivity index (χ4n) is 4.20. The topological polar surface area (TPSA) is 65.1 Å². The van der Waals surface area contributed by atoms with Crippen LogP contribution in [0.15, 0.2) is 42.5 Å². The Morgan fingerprint density at radius 2 is 1.76 bits per heavy atom. The Kier molecular flexibility index (Phi) is 6.60. The van der Waals surface area contributed by atoms with Gasteiger partial charge in [0, 0.05) is 24.7 Å². The maximum Gasteiger partial charge on any atom is 0.416 e. The van der Waals surface area contributed by atoms with Crippen LogP contribution in [-0.2, 0) is 27.0 Å². The van der Waals surface area contributed by atoms with E-state index in [9.17, 15) is 22.8 Å². The number of hydrogen-bond acceptors (Lipinski definition) is 5. The Bertz CT molecular complexity index is 1020. The van der Waals surface area contributed by atoms with Gasteiger partial charge in [0.15, 0.2) is 0 Å². The van der Waals surface area contributed by atoms with Crippen LogP contribution in [0.5, 0.6) is 5.75 Å².